The summed E-state index contributed by atoms with van der Waals surface area (Å²) in [5.41, 5.74) is 0.0112. The van der Waals surface area contributed by atoms with Gasteiger partial charge in [-0.25, -0.2) is 14.5 Å². The number of aromatic carboxylic acids is 2. The summed E-state index contributed by atoms with van der Waals surface area (Å²) in [5, 5.41) is 20.4. The van der Waals surface area contributed by atoms with Crippen LogP contribution in [0.15, 0.2) is 76.1 Å². The van der Waals surface area contributed by atoms with E-state index in [1.54, 1.807) is 48.5 Å². The van der Waals surface area contributed by atoms with Crippen molar-refractivity contribution in [1.29, 1.82) is 0 Å². The molecule has 1 fully saturated rings. The molecule has 0 saturated carbocycles. The first kappa shape index (κ1) is 25.1. The number of carbonyl (C=O) groups excluding carboxylic acids is 3. The van der Waals surface area contributed by atoms with Crippen molar-refractivity contribution in [1.82, 2.24) is 0 Å². The predicted molar refractivity (Wildman–Crippen MR) is 136 cm³/mol. The van der Waals surface area contributed by atoms with E-state index in [4.69, 9.17) is 5.11 Å². The molecule has 1 aliphatic rings. The number of rotatable bonds is 7. The van der Waals surface area contributed by atoms with Gasteiger partial charge in [0.2, 0.25) is 11.8 Å². The lowest BCUT2D eigenvalue weighted by atomic mass is 10.0. The van der Waals surface area contributed by atoms with E-state index in [1.807, 2.05) is 0 Å². The van der Waals surface area contributed by atoms with Crippen LogP contribution in [-0.2, 0) is 9.59 Å². The van der Waals surface area contributed by atoms with Crippen molar-refractivity contribution in [2.45, 2.75) is 16.6 Å². The second-order valence-corrected chi connectivity index (χ2v) is 9.90. The maximum atomic E-state index is 12.9. The molecule has 1 saturated heterocycles. The Morgan fingerprint density at radius 1 is 0.889 bits per heavy atom. The SMILES string of the molecule is O=C(O)c1ccc(C(=O)Nc2ccc(SC3CC(=O)N(c4ccc(Br)cc4)C3=O)cc2)c(C(=O)O)c1. The Hall–Kier alpha value is -3.96. The summed E-state index contributed by atoms with van der Waals surface area (Å²) in [4.78, 5) is 62.5. The normalized spacial score (nSPS) is 15.1. The van der Waals surface area contributed by atoms with E-state index < -0.39 is 28.7 Å². The Morgan fingerprint density at radius 2 is 1.56 bits per heavy atom. The number of nitrogens with one attached hydrogen (secondary N) is 1. The zero-order valence-corrected chi connectivity index (χ0v) is 20.7. The van der Waals surface area contributed by atoms with Crippen molar-refractivity contribution >= 4 is 68.7 Å². The number of carboxylic acids is 2. The average Bonchev–Trinajstić information content (AvgIpc) is 3.12. The molecule has 0 radical (unpaired) electrons. The van der Waals surface area contributed by atoms with Crippen molar-refractivity contribution in [3.05, 3.63) is 87.9 Å². The number of hydrogen-bond acceptors (Lipinski definition) is 6. The van der Waals surface area contributed by atoms with Crippen LogP contribution >= 0.6 is 27.7 Å². The van der Waals surface area contributed by atoms with E-state index in [2.05, 4.69) is 21.2 Å². The van der Waals surface area contributed by atoms with Crippen molar-refractivity contribution in [2.75, 3.05) is 10.2 Å². The molecule has 3 N–H and O–H groups in total. The Morgan fingerprint density at radius 3 is 2.17 bits per heavy atom. The fourth-order valence-electron chi connectivity index (χ4n) is 3.59. The molecular weight excluding hydrogens is 552 g/mol. The number of anilines is 2. The Labute approximate surface area is 217 Å². The van der Waals surface area contributed by atoms with Crippen LogP contribution in [0.3, 0.4) is 0 Å². The van der Waals surface area contributed by atoms with E-state index in [0.717, 1.165) is 22.7 Å². The molecule has 3 amide bonds. The first-order valence-electron chi connectivity index (χ1n) is 10.4. The molecule has 3 aromatic rings. The maximum absolute atomic E-state index is 12.9. The van der Waals surface area contributed by atoms with Crippen LogP contribution in [0.2, 0.25) is 0 Å². The number of benzene rings is 3. The number of carboxylic acid groups (broad SMARTS) is 2. The minimum atomic E-state index is -1.43. The van der Waals surface area contributed by atoms with Crippen molar-refractivity contribution in [2.24, 2.45) is 0 Å². The second kappa shape index (κ2) is 10.3. The molecule has 1 atom stereocenters. The highest BCUT2D eigenvalue weighted by Gasteiger charge is 2.40. The van der Waals surface area contributed by atoms with Crippen molar-refractivity contribution in [3.63, 3.8) is 0 Å². The van der Waals surface area contributed by atoms with Gasteiger partial charge in [0.05, 0.1) is 27.6 Å². The summed E-state index contributed by atoms with van der Waals surface area (Å²) in [6, 6.07) is 16.6. The third kappa shape index (κ3) is 5.31. The summed E-state index contributed by atoms with van der Waals surface area (Å²) in [6.45, 7) is 0. The molecule has 1 heterocycles. The van der Waals surface area contributed by atoms with Gasteiger partial charge >= 0.3 is 11.9 Å². The van der Waals surface area contributed by atoms with Crippen LogP contribution in [0.25, 0.3) is 0 Å². The lowest BCUT2D eigenvalue weighted by molar-refractivity contribution is -0.121. The molecule has 0 bridgehead atoms. The Bertz CT molecular complexity index is 1390. The van der Waals surface area contributed by atoms with E-state index in [9.17, 15) is 29.1 Å². The molecule has 0 aromatic heterocycles. The molecule has 11 heteroatoms. The van der Waals surface area contributed by atoms with Gasteiger partial charge in [-0.3, -0.25) is 14.4 Å². The molecular formula is C25H17BrN2O7S. The molecule has 0 aliphatic carbocycles. The third-order valence-corrected chi connectivity index (χ3v) is 7.05. The fourth-order valence-corrected chi connectivity index (χ4v) is 4.91. The monoisotopic (exact) mass is 568 g/mol. The van der Waals surface area contributed by atoms with Gasteiger partial charge in [0, 0.05) is 21.5 Å². The van der Waals surface area contributed by atoms with Crippen LogP contribution in [0, 0.1) is 0 Å². The van der Waals surface area contributed by atoms with Crippen LogP contribution in [0.4, 0.5) is 11.4 Å². The highest BCUT2D eigenvalue weighted by Crippen LogP contribution is 2.34. The van der Waals surface area contributed by atoms with Gasteiger partial charge in [-0.05, 0) is 66.7 Å². The minimum absolute atomic E-state index is 0.0579. The molecule has 3 aromatic carbocycles. The van der Waals surface area contributed by atoms with Crippen LogP contribution in [0.5, 0.6) is 0 Å². The summed E-state index contributed by atoms with van der Waals surface area (Å²) < 4.78 is 0.833. The topological polar surface area (TPSA) is 141 Å². The van der Waals surface area contributed by atoms with Gasteiger partial charge in [0.1, 0.15) is 0 Å². The number of carbonyl (C=O) groups is 5. The number of thioether (sulfide) groups is 1. The number of halogens is 1. The molecule has 1 aliphatic heterocycles. The molecule has 4 rings (SSSR count). The fraction of sp³-hybridized carbons (Fsp3) is 0.0800. The van der Waals surface area contributed by atoms with Crippen LogP contribution in [0.1, 0.15) is 37.5 Å². The van der Waals surface area contributed by atoms with Gasteiger partial charge in [0.15, 0.2) is 0 Å². The zero-order valence-electron chi connectivity index (χ0n) is 18.3. The van der Waals surface area contributed by atoms with Gasteiger partial charge in [0.25, 0.3) is 5.91 Å². The van der Waals surface area contributed by atoms with Crippen LogP contribution < -0.4 is 10.2 Å². The van der Waals surface area contributed by atoms with Crippen LogP contribution in [-0.4, -0.2) is 45.1 Å². The summed E-state index contributed by atoms with van der Waals surface area (Å²) >= 11 is 4.56. The molecule has 36 heavy (non-hydrogen) atoms. The van der Waals surface area contributed by atoms with E-state index in [-0.39, 0.29) is 29.4 Å². The summed E-state index contributed by atoms with van der Waals surface area (Å²) in [6.07, 6.45) is 0.0579. The summed E-state index contributed by atoms with van der Waals surface area (Å²) in [7, 11) is 0. The average molecular weight is 569 g/mol. The predicted octanol–water partition coefficient (Wildman–Crippen LogP) is 4.52. The van der Waals surface area contributed by atoms with E-state index in [1.165, 1.54) is 16.7 Å². The lowest BCUT2D eigenvalue weighted by Gasteiger charge is -2.15. The number of amides is 3. The number of nitrogens with zero attached hydrogens (tertiary/aromatic N) is 1. The second-order valence-electron chi connectivity index (χ2n) is 7.70. The standard InChI is InChI=1S/C25H17BrN2O7S/c26-14-2-6-16(7-3-14)28-21(29)12-20(23(28)31)36-17-8-4-15(5-9-17)27-22(30)18-10-1-13(24(32)33)11-19(18)25(34)35/h1-11,20H,12H2,(H,27,30)(H,32,33)(H,34,35). The largest absolute Gasteiger partial charge is 0.478 e. The quantitative estimate of drug-likeness (QED) is 0.353. The third-order valence-electron chi connectivity index (χ3n) is 5.32. The summed E-state index contributed by atoms with van der Waals surface area (Å²) in [5.74, 6) is -4.04. The van der Waals surface area contributed by atoms with E-state index in [0.29, 0.717) is 16.3 Å². The highest BCUT2D eigenvalue weighted by molar-refractivity contribution is 9.10. The highest BCUT2D eigenvalue weighted by atomic mass is 79.9. The zero-order chi connectivity index (χ0) is 26.0. The van der Waals surface area contributed by atoms with Gasteiger partial charge in [-0.15, -0.1) is 11.8 Å². The van der Waals surface area contributed by atoms with Crippen molar-refractivity contribution < 1.29 is 34.2 Å². The molecule has 9 nitrogen and oxygen atoms in total. The van der Waals surface area contributed by atoms with Gasteiger partial charge in [-0.1, -0.05) is 15.9 Å². The molecule has 0 spiro atoms. The van der Waals surface area contributed by atoms with E-state index >= 15 is 0 Å². The minimum Gasteiger partial charge on any atom is -0.478 e. The Balaban J connectivity index is 1.44. The van der Waals surface area contributed by atoms with Gasteiger partial charge < -0.3 is 15.5 Å². The Kier molecular flexibility index (Phi) is 7.22. The number of imide groups is 1. The first-order valence-corrected chi connectivity index (χ1v) is 12.1. The lowest BCUT2D eigenvalue weighted by Crippen LogP contribution is -2.31. The number of hydrogen-bond donors (Lipinski definition) is 3. The van der Waals surface area contributed by atoms with Gasteiger partial charge in [-0.2, -0.15) is 0 Å². The smallest absolute Gasteiger partial charge is 0.336 e. The molecule has 1 unspecified atom stereocenters. The molecule has 182 valence electrons. The van der Waals surface area contributed by atoms with Crippen molar-refractivity contribution in [3.8, 4) is 0 Å². The first-order chi connectivity index (χ1) is 17.1. The maximum Gasteiger partial charge on any atom is 0.336 e.